The summed E-state index contributed by atoms with van der Waals surface area (Å²) in [5.41, 5.74) is 2.15. The van der Waals surface area contributed by atoms with Crippen LogP contribution in [-0.2, 0) is 6.54 Å². The highest BCUT2D eigenvalue weighted by Crippen LogP contribution is 2.19. The zero-order valence-corrected chi connectivity index (χ0v) is 12.4. The number of carbonyl (C=O) groups is 1. The van der Waals surface area contributed by atoms with Gasteiger partial charge in [-0.05, 0) is 29.8 Å². The molecule has 23 heavy (non-hydrogen) atoms. The molecule has 1 aromatic heterocycles. The fourth-order valence-electron chi connectivity index (χ4n) is 2.31. The third-order valence-electron chi connectivity index (χ3n) is 3.47. The maximum absolute atomic E-state index is 13.0. The van der Waals surface area contributed by atoms with Crippen molar-refractivity contribution < 1.29 is 9.18 Å². The van der Waals surface area contributed by atoms with Crippen LogP contribution in [0.1, 0.15) is 15.9 Å². The van der Waals surface area contributed by atoms with Crippen LogP contribution in [0, 0.1) is 5.95 Å². The highest BCUT2D eigenvalue weighted by Gasteiger charge is 2.18. The molecule has 0 spiro atoms. The minimum absolute atomic E-state index is 0.215. The first-order valence-corrected chi connectivity index (χ1v) is 7.26. The molecule has 0 fully saturated rings. The summed E-state index contributed by atoms with van der Waals surface area (Å²) in [6, 6.07) is 21.8. The van der Waals surface area contributed by atoms with Crippen LogP contribution in [0.3, 0.4) is 0 Å². The van der Waals surface area contributed by atoms with Gasteiger partial charge in [0.1, 0.15) is 0 Å². The minimum Gasteiger partial charge on any atom is -0.304 e. The molecule has 1 heterocycles. The molecule has 1 amide bonds. The summed E-state index contributed by atoms with van der Waals surface area (Å²) in [5.74, 6) is -0.816. The van der Waals surface area contributed by atoms with Crippen LogP contribution in [0.5, 0.6) is 0 Å². The van der Waals surface area contributed by atoms with Crippen molar-refractivity contribution in [1.29, 1.82) is 0 Å². The van der Waals surface area contributed by atoms with Gasteiger partial charge in [0.25, 0.3) is 5.91 Å². The number of carbonyl (C=O) groups excluding carboxylic acids is 1. The molecule has 0 atom stereocenters. The first kappa shape index (κ1) is 14.9. The quantitative estimate of drug-likeness (QED) is 0.681. The van der Waals surface area contributed by atoms with Gasteiger partial charge in [0.15, 0.2) is 0 Å². The number of pyridine rings is 1. The zero-order valence-electron chi connectivity index (χ0n) is 12.4. The maximum Gasteiger partial charge on any atom is 0.260 e. The minimum atomic E-state index is -0.601. The number of hydrogen-bond acceptors (Lipinski definition) is 2. The van der Waals surface area contributed by atoms with E-state index in [0.29, 0.717) is 12.1 Å². The van der Waals surface area contributed by atoms with E-state index in [1.165, 1.54) is 18.3 Å². The molecule has 2 aromatic carbocycles. The molecule has 4 heteroatoms. The topological polar surface area (TPSA) is 33.2 Å². The maximum atomic E-state index is 13.0. The number of hydrogen-bond donors (Lipinski definition) is 0. The van der Waals surface area contributed by atoms with Gasteiger partial charge in [-0.15, -0.1) is 0 Å². The van der Waals surface area contributed by atoms with Crippen molar-refractivity contribution in [3.05, 3.63) is 96.1 Å². The highest BCUT2D eigenvalue weighted by atomic mass is 19.1. The van der Waals surface area contributed by atoms with Crippen LogP contribution in [0.15, 0.2) is 79.0 Å². The predicted octanol–water partition coefficient (Wildman–Crippen LogP) is 4.07. The molecule has 3 aromatic rings. The molecule has 0 saturated heterocycles. The van der Waals surface area contributed by atoms with Gasteiger partial charge in [-0.1, -0.05) is 48.5 Å². The lowest BCUT2D eigenvalue weighted by molar-refractivity contribution is 0.0984. The van der Waals surface area contributed by atoms with Crippen molar-refractivity contribution in [2.24, 2.45) is 0 Å². The molecule has 0 radical (unpaired) electrons. The van der Waals surface area contributed by atoms with Crippen LogP contribution in [0.2, 0.25) is 0 Å². The van der Waals surface area contributed by atoms with Gasteiger partial charge >= 0.3 is 0 Å². The van der Waals surface area contributed by atoms with E-state index < -0.39 is 5.95 Å². The van der Waals surface area contributed by atoms with Crippen LogP contribution < -0.4 is 4.90 Å². The predicted molar refractivity (Wildman–Crippen MR) is 87.6 cm³/mol. The Morgan fingerprint density at radius 2 is 1.57 bits per heavy atom. The second kappa shape index (κ2) is 6.83. The number of benzene rings is 2. The zero-order chi connectivity index (χ0) is 16.1. The first-order chi connectivity index (χ1) is 11.2. The molecule has 0 saturated carbocycles. The molecule has 0 aliphatic heterocycles. The third-order valence-corrected chi connectivity index (χ3v) is 3.47. The summed E-state index contributed by atoms with van der Waals surface area (Å²) >= 11 is 0. The third kappa shape index (κ3) is 3.61. The Hall–Kier alpha value is -3.01. The monoisotopic (exact) mass is 306 g/mol. The molecule has 0 aliphatic rings. The van der Waals surface area contributed by atoms with Gasteiger partial charge in [-0.25, -0.2) is 4.98 Å². The Labute approximate surface area is 134 Å². The highest BCUT2D eigenvalue weighted by molar-refractivity contribution is 6.05. The molecular weight excluding hydrogens is 291 g/mol. The van der Waals surface area contributed by atoms with E-state index in [1.807, 2.05) is 60.7 Å². The molecule has 114 valence electrons. The van der Waals surface area contributed by atoms with E-state index >= 15 is 0 Å². The van der Waals surface area contributed by atoms with E-state index in [2.05, 4.69) is 4.98 Å². The van der Waals surface area contributed by atoms with Crippen molar-refractivity contribution in [2.75, 3.05) is 4.90 Å². The molecule has 0 unspecified atom stereocenters. The van der Waals surface area contributed by atoms with Crippen molar-refractivity contribution in [3.63, 3.8) is 0 Å². The fraction of sp³-hybridized carbons (Fsp3) is 0.0526. The van der Waals surface area contributed by atoms with Gasteiger partial charge in [0.2, 0.25) is 5.95 Å². The average Bonchev–Trinajstić information content (AvgIpc) is 2.61. The van der Waals surface area contributed by atoms with Gasteiger partial charge in [0.05, 0.1) is 12.1 Å². The number of halogens is 1. The first-order valence-electron chi connectivity index (χ1n) is 7.26. The van der Waals surface area contributed by atoms with Gasteiger partial charge in [-0.2, -0.15) is 4.39 Å². The molecule has 0 aliphatic carbocycles. The number of para-hydroxylation sites is 1. The van der Waals surface area contributed by atoms with Crippen molar-refractivity contribution >= 4 is 11.6 Å². The van der Waals surface area contributed by atoms with Gasteiger partial charge < -0.3 is 4.90 Å². The molecule has 0 N–H and O–H groups in total. The molecule has 0 bridgehead atoms. The SMILES string of the molecule is O=C(c1ccc(F)nc1)N(Cc1ccccc1)c1ccccc1. The lowest BCUT2D eigenvalue weighted by atomic mass is 10.1. The van der Waals surface area contributed by atoms with Gasteiger partial charge in [-0.3, -0.25) is 4.79 Å². The standard InChI is InChI=1S/C19H15FN2O/c20-18-12-11-16(13-21-18)19(23)22(17-9-5-2-6-10-17)14-15-7-3-1-4-8-15/h1-13H,14H2. The van der Waals surface area contributed by atoms with Gasteiger partial charge in [0, 0.05) is 11.9 Å². The lowest BCUT2D eigenvalue weighted by Gasteiger charge is -2.23. The molecule has 3 nitrogen and oxygen atoms in total. The van der Waals surface area contributed by atoms with E-state index in [0.717, 1.165) is 11.3 Å². The number of amides is 1. The smallest absolute Gasteiger partial charge is 0.260 e. The molecular formula is C19H15FN2O. The lowest BCUT2D eigenvalue weighted by Crippen LogP contribution is -2.30. The fourth-order valence-corrected chi connectivity index (χ4v) is 2.31. The van der Waals surface area contributed by atoms with Crippen molar-refractivity contribution in [3.8, 4) is 0 Å². The summed E-state index contributed by atoms with van der Waals surface area (Å²) in [6.07, 6.45) is 1.26. The Kier molecular flexibility index (Phi) is 4.43. The Balaban J connectivity index is 1.94. The van der Waals surface area contributed by atoms with E-state index in [4.69, 9.17) is 0 Å². The summed E-state index contributed by atoms with van der Waals surface area (Å²) in [7, 11) is 0. The summed E-state index contributed by atoms with van der Waals surface area (Å²) in [4.78, 5) is 18.1. The van der Waals surface area contributed by atoms with E-state index in [1.54, 1.807) is 4.90 Å². The molecule has 3 rings (SSSR count). The summed E-state index contributed by atoms with van der Waals surface area (Å²) in [5, 5.41) is 0. The number of nitrogens with zero attached hydrogens (tertiary/aromatic N) is 2. The van der Waals surface area contributed by atoms with E-state index in [-0.39, 0.29) is 5.91 Å². The van der Waals surface area contributed by atoms with Crippen molar-refractivity contribution in [2.45, 2.75) is 6.54 Å². The Morgan fingerprint density at radius 1 is 0.913 bits per heavy atom. The van der Waals surface area contributed by atoms with Crippen molar-refractivity contribution in [1.82, 2.24) is 4.98 Å². The van der Waals surface area contributed by atoms with Crippen LogP contribution >= 0.6 is 0 Å². The van der Waals surface area contributed by atoms with Crippen LogP contribution in [-0.4, -0.2) is 10.9 Å². The second-order valence-electron chi connectivity index (χ2n) is 5.08. The average molecular weight is 306 g/mol. The summed E-state index contributed by atoms with van der Waals surface area (Å²) < 4.78 is 13.0. The Bertz CT molecular complexity index is 773. The summed E-state index contributed by atoms with van der Waals surface area (Å²) in [6.45, 7) is 0.432. The van der Waals surface area contributed by atoms with E-state index in [9.17, 15) is 9.18 Å². The number of rotatable bonds is 4. The van der Waals surface area contributed by atoms with Crippen LogP contribution in [0.4, 0.5) is 10.1 Å². The second-order valence-corrected chi connectivity index (χ2v) is 5.08. The van der Waals surface area contributed by atoms with Crippen LogP contribution in [0.25, 0.3) is 0 Å². The number of anilines is 1. The largest absolute Gasteiger partial charge is 0.304 e. The normalized spacial score (nSPS) is 10.3. The number of aromatic nitrogens is 1. The Morgan fingerprint density at radius 3 is 2.17 bits per heavy atom.